The van der Waals surface area contributed by atoms with E-state index in [0.717, 1.165) is 4.90 Å². The van der Waals surface area contributed by atoms with Gasteiger partial charge >= 0.3 is 12.0 Å². The topological polar surface area (TPSA) is 96.0 Å². The maximum atomic E-state index is 12.8. The van der Waals surface area contributed by atoms with Crippen molar-refractivity contribution in [3.05, 3.63) is 35.9 Å². The van der Waals surface area contributed by atoms with Crippen molar-refractivity contribution in [3.8, 4) is 0 Å². The Morgan fingerprint density at radius 2 is 1.62 bits per heavy atom. The van der Waals surface area contributed by atoms with Crippen LogP contribution >= 0.6 is 0 Å². The van der Waals surface area contributed by atoms with Crippen molar-refractivity contribution in [1.82, 2.24) is 15.1 Å². The third-order valence-electron chi connectivity index (χ3n) is 4.94. The molecule has 1 N–H and O–H groups in total. The van der Waals surface area contributed by atoms with Crippen molar-refractivity contribution in [3.63, 3.8) is 0 Å². The van der Waals surface area contributed by atoms with E-state index in [1.165, 1.54) is 6.92 Å². The molecule has 1 heterocycles. The second-order valence-corrected chi connectivity index (χ2v) is 7.88. The van der Waals surface area contributed by atoms with Crippen LogP contribution in [0.1, 0.15) is 47.1 Å². The molecule has 0 unspecified atom stereocenters. The van der Waals surface area contributed by atoms with Gasteiger partial charge in [0, 0.05) is 12.1 Å². The number of carbonyl (C=O) groups is 4. The zero-order valence-corrected chi connectivity index (χ0v) is 17.8. The summed E-state index contributed by atoms with van der Waals surface area (Å²) in [6.07, 6.45) is -1.02. The summed E-state index contributed by atoms with van der Waals surface area (Å²) in [5.74, 6) is -1.69. The molecule has 4 amide bonds. The lowest BCUT2D eigenvalue weighted by Crippen LogP contribution is -2.48. The number of nitrogens with one attached hydrogen (secondary N) is 1. The van der Waals surface area contributed by atoms with E-state index in [0.29, 0.717) is 5.56 Å². The van der Waals surface area contributed by atoms with E-state index in [9.17, 15) is 19.2 Å². The first-order chi connectivity index (χ1) is 13.5. The minimum atomic E-state index is -1.26. The van der Waals surface area contributed by atoms with Crippen LogP contribution in [0.4, 0.5) is 4.79 Å². The molecule has 1 fully saturated rings. The fourth-order valence-electron chi connectivity index (χ4n) is 3.54. The first-order valence-corrected chi connectivity index (χ1v) is 9.70. The van der Waals surface area contributed by atoms with Gasteiger partial charge in [0.2, 0.25) is 0 Å². The van der Waals surface area contributed by atoms with Gasteiger partial charge < -0.3 is 15.0 Å². The molecule has 1 aliphatic rings. The van der Waals surface area contributed by atoms with Crippen molar-refractivity contribution >= 4 is 23.8 Å². The van der Waals surface area contributed by atoms with Gasteiger partial charge in [-0.25, -0.2) is 4.79 Å². The van der Waals surface area contributed by atoms with Gasteiger partial charge in [0.05, 0.1) is 0 Å². The Morgan fingerprint density at radius 3 is 2.14 bits per heavy atom. The first kappa shape index (κ1) is 22.4. The number of ether oxygens (including phenoxy) is 1. The van der Waals surface area contributed by atoms with Crippen molar-refractivity contribution in [2.24, 2.45) is 0 Å². The van der Waals surface area contributed by atoms with Crippen molar-refractivity contribution < 1.29 is 23.9 Å². The zero-order valence-electron chi connectivity index (χ0n) is 17.8. The number of nitrogens with zero attached hydrogens (tertiary/aromatic N) is 2. The molecule has 8 heteroatoms. The van der Waals surface area contributed by atoms with Crippen molar-refractivity contribution in [2.75, 3.05) is 6.54 Å². The number of imide groups is 1. The summed E-state index contributed by atoms with van der Waals surface area (Å²) in [7, 11) is 0. The molecule has 0 saturated carbocycles. The molecule has 2 atom stereocenters. The van der Waals surface area contributed by atoms with Crippen molar-refractivity contribution in [1.29, 1.82) is 0 Å². The van der Waals surface area contributed by atoms with Gasteiger partial charge in [-0.1, -0.05) is 30.3 Å². The molecule has 29 heavy (non-hydrogen) atoms. The Labute approximate surface area is 171 Å². The van der Waals surface area contributed by atoms with Crippen LogP contribution in [0.25, 0.3) is 0 Å². The van der Waals surface area contributed by atoms with E-state index >= 15 is 0 Å². The lowest BCUT2D eigenvalue weighted by Gasteiger charge is -2.32. The SMILES string of the molecule is CC(C)N(C(=O)[C@H](C)OC(=O)CN1C(=O)N[C@@](C)(c2ccccc2)C1=O)C(C)C. The number of rotatable bonds is 7. The quantitative estimate of drug-likeness (QED) is 0.555. The molecular weight excluding hydrogens is 374 g/mol. The fraction of sp³-hybridized carbons (Fsp3) is 0.524. The molecule has 1 aliphatic heterocycles. The average molecular weight is 403 g/mol. The molecule has 1 aromatic carbocycles. The van der Waals surface area contributed by atoms with Gasteiger partial charge in [-0.15, -0.1) is 0 Å². The Bertz CT molecular complexity index is 785. The van der Waals surface area contributed by atoms with Crippen LogP contribution in [-0.2, 0) is 24.7 Å². The summed E-state index contributed by atoms with van der Waals surface area (Å²) in [5.41, 5.74) is -0.645. The molecule has 158 valence electrons. The average Bonchev–Trinajstić information content (AvgIpc) is 2.86. The standard InChI is InChI=1S/C21H29N3O5/c1-13(2)24(14(3)4)18(26)15(5)29-17(25)12-23-19(27)21(6,22-20(23)28)16-10-8-7-9-11-16/h7-11,13-15H,12H2,1-6H3,(H,22,28)/t15-,21-/m0/s1. The molecule has 0 aliphatic carbocycles. The minimum Gasteiger partial charge on any atom is -0.451 e. The van der Waals surface area contributed by atoms with E-state index in [1.54, 1.807) is 42.2 Å². The zero-order chi connectivity index (χ0) is 21.9. The number of benzene rings is 1. The van der Waals surface area contributed by atoms with Crippen molar-refractivity contribution in [2.45, 2.75) is 65.3 Å². The smallest absolute Gasteiger partial charge is 0.327 e. The number of esters is 1. The largest absolute Gasteiger partial charge is 0.451 e. The van der Waals surface area contributed by atoms with E-state index in [2.05, 4.69) is 5.32 Å². The summed E-state index contributed by atoms with van der Waals surface area (Å²) in [6, 6.07) is 8.00. The molecule has 0 bridgehead atoms. The number of urea groups is 1. The molecule has 8 nitrogen and oxygen atoms in total. The number of hydrogen-bond acceptors (Lipinski definition) is 5. The molecule has 2 rings (SSSR count). The summed E-state index contributed by atoms with van der Waals surface area (Å²) in [6.45, 7) is 10.0. The lowest BCUT2D eigenvalue weighted by molar-refractivity contribution is -0.162. The van der Waals surface area contributed by atoms with Gasteiger partial charge in [-0.05, 0) is 47.1 Å². The van der Waals surface area contributed by atoms with Crippen LogP contribution < -0.4 is 5.32 Å². The van der Waals surface area contributed by atoms with Crippen LogP contribution in [0, 0.1) is 0 Å². The second-order valence-electron chi connectivity index (χ2n) is 7.88. The van der Waals surface area contributed by atoms with Crippen LogP contribution in [0.15, 0.2) is 30.3 Å². The number of amides is 4. The number of hydrogen-bond donors (Lipinski definition) is 1. The maximum Gasteiger partial charge on any atom is 0.327 e. The van der Waals surface area contributed by atoms with Crippen LogP contribution in [0.3, 0.4) is 0 Å². The van der Waals surface area contributed by atoms with Gasteiger partial charge in [0.25, 0.3) is 11.8 Å². The predicted octanol–water partition coefficient (Wildman–Crippen LogP) is 2.03. The second kappa shape index (κ2) is 8.63. The van der Waals surface area contributed by atoms with Gasteiger partial charge in [-0.3, -0.25) is 19.3 Å². The fourth-order valence-corrected chi connectivity index (χ4v) is 3.54. The summed E-state index contributed by atoms with van der Waals surface area (Å²) in [5, 5.41) is 2.63. The Balaban J connectivity index is 2.06. The van der Waals surface area contributed by atoms with E-state index in [4.69, 9.17) is 4.74 Å². The molecule has 0 radical (unpaired) electrons. The highest BCUT2D eigenvalue weighted by Gasteiger charge is 2.49. The normalized spacial score (nSPS) is 20.1. The highest BCUT2D eigenvalue weighted by Crippen LogP contribution is 2.28. The van der Waals surface area contributed by atoms with Crippen LogP contribution in [-0.4, -0.2) is 58.3 Å². The first-order valence-electron chi connectivity index (χ1n) is 9.70. The monoisotopic (exact) mass is 403 g/mol. The molecular formula is C21H29N3O5. The molecule has 0 aromatic heterocycles. The molecule has 0 spiro atoms. The molecule has 1 saturated heterocycles. The van der Waals surface area contributed by atoms with Gasteiger partial charge in [0.15, 0.2) is 6.10 Å². The minimum absolute atomic E-state index is 0.0545. The number of carbonyl (C=O) groups excluding carboxylic acids is 4. The Hall–Kier alpha value is -2.90. The highest BCUT2D eigenvalue weighted by molar-refractivity contribution is 6.08. The Kier molecular flexibility index (Phi) is 6.66. The Morgan fingerprint density at radius 1 is 1.07 bits per heavy atom. The lowest BCUT2D eigenvalue weighted by atomic mass is 9.92. The van der Waals surface area contributed by atoms with Gasteiger partial charge in [0.1, 0.15) is 12.1 Å². The maximum absolute atomic E-state index is 12.8. The molecule has 1 aromatic rings. The summed E-state index contributed by atoms with van der Waals surface area (Å²) in [4.78, 5) is 52.6. The third-order valence-corrected chi connectivity index (χ3v) is 4.94. The third kappa shape index (κ3) is 4.58. The summed E-state index contributed by atoms with van der Waals surface area (Å²) < 4.78 is 5.22. The van der Waals surface area contributed by atoms with Crippen LogP contribution in [0.2, 0.25) is 0 Å². The van der Waals surface area contributed by atoms with Crippen LogP contribution in [0.5, 0.6) is 0 Å². The van der Waals surface area contributed by atoms with Gasteiger partial charge in [-0.2, -0.15) is 0 Å². The van der Waals surface area contributed by atoms with E-state index < -0.39 is 36.1 Å². The summed E-state index contributed by atoms with van der Waals surface area (Å²) >= 11 is 0. The highest BCUT2D eigenvalue weighted by atomic mass is 16.5. The predicted molar refractivity (Wildman–Crippen MR) is 107 cm³/mol. The van der Waals surface area contributed by atoms with E-state index in [1.807, 2.05) is 27.7 Å². The van der Waals surface area contributed by atoms with E-state index in [-0.39, 0.29) is 18.0 Å².